The monoisotopic (exact) mass is 348 g/mol. The fourth-order valence-corrected chi connectivity index (χ4v) is 2.56. The van der Waals surface area contributed by atoms with Gasteiger partial charge >= 0.3 is 0 Å². The van der Waals surface area contributed by atoms with Crippen LogP contribution in [-0.4, -0.2) is 18.0 Å². The highest BCUT2D eigenvalue weighted by Crippen LogP contribution is 2.32. The summed E-state index contributed by atoms with van der Waals surface area (Å²) in [4.78, 5) is 18.1. The SMILES string of the molecule is COc1ccc(CN(C(C)=O)c2cnccc2Oc2ccccc2)cc1. The molecular formula is C21H20N2O3. The molecule has 0 saturated heterocycles. The predicted octanol–water partition coefficient (Wildman–Crippen LogP) is 4.44. The van der Waals surface area contributed by atoms with Gasteiger partial charge in [0.05, 0.1) is 19.9 Å². The van der Waals surface area contributed by atoms with Crippen molar-refractivity contribution in [2.45, 2.75) is 13.5 Å². The van der Waals surface area contributed by atoms with Crippen molar-refractivity contribution in [2.75, 3.05) is 12.0 Å². The molecule has 0 saturated carbocycles. The van der Waals surface area contributed by atoms with Crippen LogP contribution in [0.2, 0.25) is 0 Å². The maximum Gasteiger partial charge on any atom is 0.224 e. The summed E-state index contributed by atoms with van der Waals surface area (Å²) in [7, 11) is 1.62. The minimum Gasteiger partial charge on any atom is -0.497 e. The average Bonchev–Trinajstić information content (AvgIpc) is 2.68. The van der Waals surface area contributed by atoms with Gasteiger partial charge in [0.2, 0.25) is 5.91 Å². The number of carbonyl (C=O) groups is 1. The molecule has 0 fully saturated rings. The quantitative estimate of drug-likeness (QED) is 0.661. The van der Waals surface area contributed by atoms with E-state index in [0.717, 1.165) is 11.3 Å². The lowest BCUT2D eigenvalue weighted by Crippen LogP contribution is -2.28. The van der Waals surface area contributed by atoms with Crippen molar-refractivity contribution in [2.24, 2.45) is 0 Å². The zero-order valence-corrected chi connectivity index (χ0v) is 14.8. The first kappa shape index (κ1) is 17.5. The maximum atomic E-state index is 12.3. The molecule has 0 unspecified atom stereocenters. The van der Waals surface area contributed by atoms with E-state index in [4.69, 9.17) is 9.47 Å². The first-order chi connectivity index (χ1) is 12.7. The van der Waals surface area contributed by atoms with E-state index in [1.807, 2.05) is 54.6 Å². The van der Waals surface area contributed by atoms with Crippen LogP contribution >= 0.6 is 0 Å². The Morgan fingerprint density at radius 2 is 1.73 bits per heavy atom. The van der Waals surface area contributed by atoms with Crippen molar-refractivity contribution in [1.29, 1.82) is 0 Å². The van der Waals surface area contributed by atoms with Crippen LogP contribution in [0.25, 0.3) is 0 Å². The van der Waals surface area contributed by atoms with Crippen molar-refractivity contribution in [3.05, 3.63) is 78.6 Å². The molecule has 0 atom stereocenters. The second-order valence-corrected chi connectivity index (χ2v) is 5.71. The zero-order valence-electron chi connectivity index (χ0n) is 14.8. The van der Waals surface area contributed by atoms with E-state index >= 15 is 0 Å². The molecule has 26 heavy (non-hydrogen) atoms. The predicted molar refractivity (Wildman–Crippen MR) is 101 cm³/mol. The molecule has 3 rings (SSSR count). The number of hydrogen-bond acceptors (Lipinski definition) is 4. The van der Waals surface area contributed by atoms with Crippen LogP contribution in [0.15, 0.2) is 73.1 Å². The van der Waals surface area contributed by atoms with Crippen molar-refractivity contribution in [1.82, 2.24) is 4.98 Å². The highest BCUT2D eigenvalue weighted by molar-refractivity contribution is 5.92. The van der Waals surface area contributed by atoms with E-state index in [-0.39, 0.29) is 5.91 Å². The Bertz CT molecular complexity index is 864. The number of aromatic nitrogens is 1. The Balaban J connectivity index is 1.89. The number of para-hydroxylation sites is 1. The Morgan fingerprint density at radius 1 is 1.00 bits per heavy atom. The number of nitrogens with zero attached hydrogens (tertiary/aromatic N) is 2. The minimum absolute atomic E-state index is 0.0910. The molecule has 0 aliphatic heterocycles. The number of benzene rings is 2. The average molecular weight is 348 g/mol. The summed E-state index contributed by atoms with van der Waals surface area (Å²) in [6.07, 6.45) is 3.29. The number of ether oxygens (including phenoxy) is 2. The molecule has 2 aromatic carbocycles. The molecule has 0 radical (unpaired) electrons. The third kappa shape index (κ3) is 4.19. The van der Waals surface area contributed by atoms with Crippen LogP contribution in [0.5, 0.6) is 17.2 Å². The molecule has 0 aliphatic carbocycles. The molecule has 1 heterocycles. The van der Waals surface area contributed by atoms with Crippen molar-refractivity contribution < 1.29 is 14.3 Å². The van der Waals surface area contributed by atoms with Gasteiger partial charge in [-0.05, 0) is 29.8 Å². The lowest BCUT2D eigenvalue weighted by Gasteiger charge is -2.23. The topological polar surface area (TPSA) is 51.7 Å². The lowest BCUT2D eigenvalue weighted by molar-refractivity contribution is -0.116. The van der Waals surface area contributed by atoms with Gasteiger partial charge in [0.1, 0.15) is 17.2 Å². The highest BCUT2D eigenvalue weighted by atomic mass is 16.5. The highest BCUT2D eigenvalue weighted by Gasteiger charge is 2.18. The molecule has 5 heteroatoms. The van der Waals surface area contributed by atoms with Gasteiger partial charge in [0.25, 0.3) is 0 Å². The number of amides is 1. The third-order valence-electron chi connectivity index (χ3n) is 3.90. The summed E-state index contributed by atoms with van der Waals surface area (Å²) in [5.74, 6) is 1.96. The Morgan fingerprint density at radius 3 is 2.38 bits per heavy atom. The van der Waals surface area contributed by atoms with Gasteiger partial charge in [0, 0.05) is 19.2 Å². The van der Waals surface area contributed by atoms with Crippen molar-refractivity contribution in [3.8, 4) is 17.2 Å². The van der Waals surface area contributed by atoms with Crippen LogP contribution in [0.1, 0.15) is 12.5 Å². The Hall–Kier alpha value is -3.34. The number of carbonyl (C=O) groups excluding carboxylic acids is 1. The first-order valence-electron chi connectivity index (χ1n) is 8.25. The summed E-state index contributed by atoms with van der Waals surface area (Å²) in [5, 5.41) is 0. The summed E-state index contributed by atoms with van der Waals surface area (Å²) in [6.45, 7) is 1.94. The second kappa shape index (κ2) is 8.16. The van der Waals surface area contributed by atoms with Gasteiger partial charge in [-0.2, -0.15) is 0 Å². The largest absolute Gasteiger partial charge is 0.497 e. The number of anilines is 1. The fraction of sp³-hybridized carbons (Fsp3) is 0.143. The normalized spacial score (nSPS) is 10.2. The molecule has 132 valence electrons. The molecule has 1 amide bonds. The summed E-state index contributed by atoms with van der Waals surface area (Å²) < 4.78 is 11.1. The van der Waals surface area contributed by atoms with Crippen LogP contribution in [0.3, 0.4) is 0 Å². The molecule has 0 spiro atoms. The standard InChI is InChI=1S/C21H20N2O3/c1-16(24)23(15-17-8-10-18(25-2)11-9-17)20-14-22-13-12-21(20)26-19-6-4-3-5-7-19/h3-14H,15H2,1-2H3. The summed E-state index contributed by atoms with van der Waals surface area (Å²) in [6, 6.07) is 18.8. The number of methoxy groups -OCH3 is 1. The van der Waals surface area contributed by atoms with E-state index in [1.54, 1.807) is 30.5 Å². The van der Waals surface area contributed by atoms with E-state index in [1.165, 1.54) is 6.92 Å². The van der Waals surface area contributed by atoms with Gasteiger partial charge < -0.3 is 14.4 Å². The Labute approximate surface area is 152 Å². The first-order valence-corrected chi connectivity index (χ1v) is 8.25. The zero-order chi connectivity index (χ0) is 18.4. The van der Waals surface area contributed by atoms with E-state index in [2.05, 4.69) is 4.98 Å². The lowest BCUT2D eigenvalue weighted by atomic mass is 10.2. The van der Waals surface area contributed by atoms with E-state index in [9.17, 15) is 4.79 Å². The van der Waals surface area contributed by atoms with Crippen LogP contribution < -0.4 is 14.4 Å². The summed E-state index contributed by atoms with van der Waals surface area (Å²) >= 11 is 0. The number of hydrogen-bond donors (Lipinski definition) is 0. The van der Waals surface area contributed by atoms with E-state index < -0.39 is 0 Å². The number of rotatable bonds is 6. The molecule has 0 bridgehead atoms. The van der Waals surface area contributed by atoms with Gasteiger partial charge in [-0.25, -0.2) is 0 Å². The van der Waals surface area contributed by atoms with Crippen LogP contribution in [0, 0.1) is 0 Å². The fourth-order valence-electron chi connectivity index (χ4n) is 2.56. The van der Waals surface area contributed by atoms with E-state index in [0.29, 0.717) is 23.7 Å². The molecule has 3 aromatic rings. The van der Waals surface area contributed by atoms with Gasteiger partial charge in [-0.1, -0.05) is 30.3 Å². The molecule has 0 aliphatic rings. The van der Waals surface area contributed by atoms with Gasteiger partial charge in [-0.15, -0.1) is 0 Å². The molecule has 1 aromatic heterocycles. The maximum absolute atomic E-state index is 12.3. The van der Waals surface area contributed by atoms with Gasteiger partial charge in [0.15, 0.2) is 5.75 Å². The van der Waals surface area contributed by atoms with Crippen molar-refractivity contribution >= 4 is 11.6 Å². The third-order valence-corrected chi connectivity index (χ3v) is 3.90. The van der Waals surface area contributed by atoms with Gasteiger partial charge in [-0.3, -0.25) is 9.78 Å². The van der Waals surface area contributed by atoms with Crippen LogP contribution in [-0.2, 0) is 11.3 Å². The van der Waals surface area contributed by atoms with Crippen LogP contribution in [0.4, 0.5) is 5.69 Å². The summed E-state index contributed by atoms with van der Waals surface area (Å²) in [5.41, 5.74) is 1.61. The number of pyridine rings is 1. The molecule has 5 nitrogen and oxygen atoms in total. The molecule has 0 N–H and O–H groups in total. The minimum atomic E-state index is -0.0910. The molecular weight excluding hydrogens is 328 g/mol. The second-order valence-electron chi connectivity index (χ2n) is 5.71. The Kier molecular flexibility index (Phi) is 5.49. The van der Waals surface area contributed by atoms with Crippen molar-refractivity contribution in [3.63, 3.8) is 0 Å². The smallest absolute Gasteiger partial charge is 0.224 e.